The van der Waals surface area contributed by atoms with Gasteiger partial charge in [0, 0.05) is 25.3 Å². The van der Waals surface area contributed by atoms with E-state index >= 15 is 0 Å². The number of rotatable bonds is 7. The Balaban J connectivity index is 1.31. The quantitative estimate of drug-likeness (QED) is 0.572. The predicted molar refractivity (Wildman–Crippen MR) is 120 cm³/mol. The van der Waals surface area contributed by atoms with Crippen molar-refractivity contribution in [3.63, 3.8) is 0 Å². The van der Waals surface area contributed by atoms with Crippen LogP contribution in [0.15, 0.2) is 42.6 Å². The molecule has 1 aliphatic rings. The molecule has 0 saturated heterocycles. The van der Waals surface area contributed by atoms with Crippen LogP contribution in [0, 0.1) is 6.92 Å². The highest BCUT2D eigenvalue weighted by molar-refractivity contribution is 7.19. The Bertz CT molecular complexity index is 1000. The van der Waals surface area contributed by atoms with E-state index in [0.29, 0.717) is 22.2 Å². The SMILES string of the molecule is CO[C@H](C(=O)Nc1nnc(NC2CCC(c3cccnn3)CC2)s1)c1cccc(C)c1. The van der Waals surface area contributed by atoms with Gasteiger partial charge in [0.1, 0.15) is 0 Å². The second-order valence-electron chi connectivity index (χ2n) is 7.77. The Kier molecular flexibility index (Phi) is 6.83. The van der Waals surface area contributed by atoms with Crippen molar-refractivity contribution in [3.05, 3.63) is 59.4 Å². The van der Waals surface area contributed by atoms with Gasteiger partial charge < -0.3 is 10.1 Å². The van der Waals surface area contributed by atoms with Crippen LogP contribution in [0.4, 0.5) is 10.3 Å². The molecule has 1 atom stereocenters. The van der Waals surface area contributed by atoms with Crippen molar-refractivity contribution in [3.8, 4) is 0 Å². The minimum Gasteiger partial charge on any atom is -0.367 e. The molecule has 0 bridgehead atoms. The zero-order valence-electron chi connectivity index (χ0n) is 17.6. The van der Waals surface area contributed by atoms with E-state index in [-0.39, 0.29) is 5.91 Å². The average molecular weight is 439 g/mol. The van der Waals surface area contributed by atoms with Crippen LogP contribution in [-0.2, 0) is 9.53 Å². The third-order valence-corrected chi connectivity index (χ3v) is 6.31. The van der Waals surface area contributed by atoms with E-state index in [1.165, 1.54) is 18.4 Å². The standard InChI is InChI=1S/C22H26N6O2S/c1-14-5-3-6-16(13-14)19(30-2)20(29)25-22-28-27-21(31-22)24-17-10-8-15(9-11-17)18-7-4-12-23-26-18/h3-7,12-13,15,17,19H,8-11H2,1-2H3,(H,24,27)(H,25,28,29)/t15?,17?,19-/m0/s1. The highest BCUT2D eigenvalue weighted by atomic mass is 32.1. The first kappa shape index (κ1) is 21.3. The fraction of sp³-hybridized carbons (Fsp3) is 0.409. The lowest BCUT2D eigenvalue weighted by Gasteiger charge is -2.28. The monoisotopic (exact) mass is 438 g/mol. The van der Waals surface area contributed by atoms with E-state index in [9.17, 15) is 4.79 Å². The van der Waals surface area contributed by atoms with Crippen molar-refractivity contribution < 1.29 is 9.53 Å². The summed E-state index contributed by atoms with van der Waals surface area (Å²) >= 11 is 1.34. The molecule has 2 N–H and O–H groups in total. The van der Waals surface area contributed by atoms with Gasteiger partial charge in [-0.05, 0) is 50.3 Å². The van der Waals surface area contributed by atoms with Crippen LogP contribution in [0.25, 0.3) is 0 Å². The molecule has 8 nitrogen and oxygen atoms in total. The Morgan fingerprint density at radius 1 is 1.10 bits per heavy atom. The Labute approximate surface area is 185 Å². The smallest absolute Gasteiger partial charge is 0.259 e. The van der Waals surface area contributed by atoms with Crippen LogP contribution in [0.5, 0.6) is 0 Å². The van der Waals surface area contributed by atoms with Crippen molar-refractivity contribution in [2.75, 3.05) is 17.7 Å². The van der Waals surface area contributed by atoms with Gasteiger partial charge in [0.2, 0.25) is 10.3 Å². The lowest BCUT2D eigenvalue weighted by Crippen LogP contribution is -2.25. The molecule has 9 heteroatoms. The normalized spacial score (nSPS) is 19.5. The summed E-state index contributed by atoms with van der Waals surface area (Å²) in [6.07, 6.45) is 5.19. The van der Waals surface area contributed by atoms with Gasteiger partial charge in [-0.3, -0.25) is 10.1 Å². The number of benzene rings is 1. The second-order valence-corrected chi connectivity index (χ2v) is 8.75. The van der Waals surface area contributed by atoms with Crippen LogP contribution in [0.3, 0.4) is 0 Å². The maximum absolute atomic E-state index is 12.7. The maximum atomic E-state index is 12.7. The fourth-order valence-electron chi connectivity index (χ4n) is 3.97. The zero-order chi connectivity index (χ0) is 21.6. The summed E-state index contributed by atoms with van der Waals surface area (Å²) in [5.74, 6) is 0.198. The molecular weight excluding hydrogens is 412 g/mol. The number of carbonyl (C=O) groups is 1. The Morgan fingerprint density at radius 2 is 1.90 bits per heavy atom. The number of hydrogen-bond acceptors (Lipinski definition) is 8. The van der Waals surface area contributed by atoms with Crippen LogP contribution in [0.1, 0.15) is 54.5 Å². The van der Waals surface area contributed by atoms with E-state index in [1.807, 2.05) is 37.3 Å². The summed E-state index contributed by atoms with van der Waals surface area (Å²) in [6.45, 7) is 1.98. The molecule has 31 heavy (non-hydrogen) atoms. The Morgan fingerprint density at radius 3 is 2.61 bits per heavy atom. The van der Waals surface area contributed by atoms with Crippen LogP contribution in [-0.4, -0.2) is 39.5 Å². The van der Waals surface area contributed by atoms with E-state index < -0.39 is 6.10 Å². The molecule has 4 rings (SSSR count). The number of ether oxygens (including phenoxy) is 1. The number of anilines is 2. The minimum atomic E-state index is -0.698. The lowest BCUT2D eigenvalue weighted by molar-refractivity contribution is -0.126. The van der Waals surface area contributed by atoms with Crippen molar-refractivity contribution in [1.82, 2.24) is 20.4 Å². The first-order chi connectivity index (χ1) is 15.1. The molecule has 1 saturated carbocycles. The van der Waals surface area contributed by atoms with Crippen molar-refractivity contribution in [2.45, 2.75) is 50.7 Å². The van der Waals surface area contributed by atoms with Gasteiger partial charge >= 0.3 is 0 Å². The summed E-state index contributed by atoms with van der Waals surface area (Å²) in [5, 5.41) is 24.0. The minimum absolute atomic E-state index is 0.264. The van der Waals surface area contributed by atoms with Gasteiger partial charge in [-0.15, -0.1) is 10.2 Å². The molecule has 162 valence electrons. The fourth-order valence-corrected chi connectivity index (χ4v) is 4.69. The van der Waals surface area contributed by atoms with E-state index in [0.717, 1.165) is 42.5 Å². The number of nitrogens with zero attached hydrogens (tertiary/aromatic N) is 4. The Hall–Kier alpha value is -2.91. The third kappa shape index (κ3) is 5.42. The summed E-state index contributed by atoms with van der Waals surface area (Å²) in [7, 11) is 1.52. The second kappa shape index (κ2) is 9.93. The van der Waals surface area contributed by atoms with Crippen LogP contribution in [0.2, 0.25) is 0 Å². The molecule has 1 fully saturated rings. The molecule has 0 unspecified atom stereocenters. The topological polar surface area (TPSA) is 102 Å². The highest BCUT2D eigenvalue weighted by Crippen LogP contribution is 2.33. The van der Waals surface area contributed by atoms with E-state index in [2.05, 4.69) is 37.1 Å². The first-order valence-corrected chi connectivity index (χ1v) is 11.2. The molecule has 2 aromatic heterocycles. The third-order valence-electron chi connectivity index (χ3n) is 5.54. The molecule has 0 radical (unpaired) electrons. The molecule has 3 aromatic rings. The molecule has 1 aromatic carbocycles. The number of carbonyl (C=O) groups excluding carboxylic acids is 1. The summed E-state index contributed by atoms with van der Waals surface area (Å²) < 4.78 is 5.42. The number of aryl methyl sites for hydroxylation is 1. The largest absolute Gasteiger partial charge is 0.367 e. The number of hydrogen-bond donors (Lipinski definition) is 2. The highest BCUT2D eigenvalue weighted by Gasteiger charge is 2.25. The lowest BCUT2D eigenvalue weighted by atomic mass is 9.84. The summed E-state index contributed by atoms with van der Waals surface area (Å²) in [6, 6.07) is 12.0. The number of amides is 1. The predicted octanol–water partition coefficient (Wildman–Crippen LogP) is 4.10. The molecule has 1 amide bonds. The number of aromatic nitrogens is 4. The van der Waals surface area contributed by atoms with Gasteiger partial charge in [-0.25, -0.2) is 0 Å². The molecular formula is C22H26N6O2S. The van der Waals surface area contributed by atoms with Gasteiger partial charge in [0.25, 0.3) is 5.91 Å². The molecule has 0 spiro atoms. The molecule has 1 aliphatic carbocycles. The van der Waals surface area contributed by atoms with Crippen molar-refractivity contribution in [2.24, 2.45) is 0 Å². The first-order valence-electron chi connectivity index (χ1n) is 10.4. The number of nitrogens with one attached hydrogen (secondary N) is 2. The van der Waals surface area contributed by atoms with Gasteiger partial charge in [-0.2, -0.15) is 10.2 Å². The van der Waals surface area contributed by atoms with Crippen LogP contribution < -0.4 is 10.6 Å². The van der Waals surface area contributed by atoms with Gasteiger partial charge in [-0.1, -0.05) is 41.2 Å². The zero-order valence-corrected chi connectivity index (χ0v) is 18.4. The van der Waals surface area contributed by atoms with Crippen LogP contribution >= 0.6 is 11.3 Å². The molecule has 0 aliphatic heterocycles. The van der Waals surface area contributed by atoms with E-state index in [4.69, 9.17) is 4.74 Å². The van der Waals surface area contributed by atoms with Gasteiger partial charge in [0.15, 0.2) is 6.10 Å². The summed E-state index contributed by atoms with van der Waals surface area (Å²) in [4.78, 5) is 12.7. The number of methoxy groups -OCH3 is 1. The summed E-state index contributed by atoms with van der Waals surface area (Å²) in [5.41, 5.74) is 2.95. The van der Waals surface area contributed by atoms with Crippen molar-refractivity contribution in [1.29, 1.82) is 0 Å². The van der Waals surface area contributed by atoms with Gasteiger partial charge in [0.05, 0.1) is 5.69 Å². The van der Waals surface area contributed by atoms with E-state index in [1.54, 1.807) is 6.20 Å². The maximum Gasteiger partial charge on any atom is 0.259 e. The average Bonchev–Trinajstić information content (AvgIpc) is 3.22. The van der Waals surface area contributed by atoms with Crippen molar-refractivity contribution >= 4 is 27.5 Å². The molecule has 2 heterocycles.